The van der Waals surface area contributed by atoms with Crippen LogP contribution in [0.1, 0.15) is 17.2 Å². The Kier molecular flexibility index (Phi) is 4.88. The number of H-pyrrole nitrogens is 1. The fourth-order valence-electron chi connectivity index (χ4n) is 2.76. The fraction of sp³-hybridized carbons (Fsp3) is 0.222. The van der Waals surface area contributed by atoms with E-state index in [1.165, 1.54) is 23.1 Å². The number of hydrogen-bond acceptors (Lipinski definition) is 4. The van der Waals surface area contributed by atoms with Crippen LogP contribution >= 0.6 is 0 Å². The molecular formula is C18H19N3O3. The highest BCUT2D eigenvalue weighted by atomic mass is 16.6. The van der Waals surface area contributed by atoms with E-state index in [0.717, 1.165) is 11.9 Å². The molecule has 0 aliphatic carbocycles. The van der Waals surface area contributed by atoms with Crippen LogP contribution in [0.15, 0.2) is 54.7 Å². The van der Waals surface area contributed by atoms with Crippen molar-refractivity contribution in [3.8, 4) is 0 Å². The van der Waals surface area contributed by atoms with Crippen molar-refractivity contribution in [2.75, 3.05) is 13.1 Å². The van der Waals surface area contributed by atoms with Gasteiger partial charge in [-0.2, -0.15) is 0 Å². The molecule has 0 unspecified atom stereocenters. The van der Waals surface area contributed by atoms with Crippen LogP contribution in [0.3, 0.4) is 0 Å². The van der Waals surface area contributed by atoms with Gasteiger partial charge in [0.25, 0.3) is 5.69 Å². The van der Waals surface area contributed by atoms with Gasteiger partial charge >= 0.3 is 0 Å². The minimum Gasteiger partial charge on any atom is -0.387 e. The first kappa shape index (κ1) is 16.2. The van der Waals surface area contributed by atoms with Crippen molar-refractivity contribution in [3.63, 3.8) is 0 Å². The zero-order valence-electron chi connectivity index (χ0n) is 13.1. The number of hydrogen-bond donors (Lipinski definition) is 3. The van der Waals surface area contributed by atoms with Crippen molar-refractivity contribution >= 4 is 16.6 Å². The highest BCUT2D eigenvalue weighted by Crippen LogP contribution is 2.19. The van der Waals surface area contributed by atoms with E-state index in [0.29, 0.717) is 18.7 Å². The van der Waals surface area contributed by atoms with Gasteiger partial charge in [0, 0.05) is 35.8 Å². The Morgan fingerprint density at radius 3 is 2.88 bits per heavy atom. The lowest BCUT2D eigenvalue weighted by Gasteiger charge is -2.12. The lowest BCUT2D eigenvalue weighted by atomic mass is 10.1. The molecule has 1 heterocycles. The number of rotatable bonds is 7. The van der Waals surface area contributed by atoms with Gasteiger partial charge in [0.1, 0.15) is 0 Å². The number of benzene rings is 2. The average Bonchev–Trinajstić information content (AvgIpc) is 3.02. The number of para-hydroxylation sites is 1. The summed E-state index contributed by atoms with van der Waals surface area (Å²) in [5, 5.41) is 25.4. The Hall–Kier alpha value is -2.70. The van der Waals surface area contributed by atoms with Crippen LogP contribution in [0, 0.1) is 10.1 Å². The Bertz CT molecular complexity index is 844. The van der Waals surface area contributed by atoms with E-state index in [4.69, 9.17) is 0 Å². The van der Waals surface area contributed by atoms with Crippen molar-refractivity contribution in [3.05, 3.63) is 76.0 Å². The summed E-state index contributed by atoms with van der Waals surface area (Å²) in [7, 11) is 0. The van der Waals surface area contributed by atoms with Crippen LogP contribution in [-0.4, -0.2) is 28.1 Å². The van der Waals surface area contributed by atoms with Gasteiger partial charge in [-0.1, -0.05) is 30.3 Å². The van der Waals surface area contributed by atoms with Gasteiger partial charge in [-0.05, 0) is 30.2 Å². The number of aliphatic hydroxyl groups is 1. The number of nitro benzene ring substituents is 1. The molecule has 0 aliphatic heterocycles. The summed E-state index contributed by atoms with van der Waals surface area (Å²) in [6.45, 7) is 1.07. The second-order valence-electron chi connectivity index (χ2n) is 5.68. The molecule has 6 heteroatoms. The smallest absolute Gasteiger partial charge is 0.269 e. The van der Waals surface area contributed by atoms with Crippen LogP contribution in [0.4, 0.5) is 5.69 Å². The number of aliphatic hydroxyl groups excluding tert-OH is 1. The number of aromatic nitrogens is 1. The van der Waals surface area contributed by atoms with Crippen LogP contribution in [0.5, 0.6) is 0 Å². The van der Waals surface area contributed by atoms with E-state index >= 15 is 0 Å². The van der Waals surface area contributed by atoms with E-state index in [2.05, 4.69) is 16.4 Å². The molecule has 0 spiro atoms. The van der Waals surface area contributed by atoms with E-state index in [1.54, 1.807) is 12.1 Å². The number of nitrogens with one attached hydrogen (secondary N) is 2. The predicted octanol–water partition coefficient (Wildman–Crippen LogP) is 2.94. The average molecular weight is 325 g/mol. The monoisotopic (exact) mass is 325 g/mol. The maximum absolute atomic E-state index is 10.8. The molecule has 0 aliphatic rings. The van der Waals surface area contributed by atoms with Crippen LogP contribution in [0.25, 0.3) is 10.9 Å². The number of nitro groups is 1. The molecule has 6 nitrogen and oxygen atoms in total. The molecule has 124 valence electrons. The predicted molar refractivity (Wildman–Crippen MR) is 92.9 cm³/mol. The summed E-state index contributed by atoms with van der Waals surface area (Å²) >= 11 is 0. The highest BCUT2D eigenvalue weighted by Gasteiger charge is 2.12. The first-order valence-corrected chi connectivity index (χ1v) is 7.83. The Morgan fingerprint density at radius 1 is 1.21 bits per heavy atom. The summed E-state index contributed by atoms with van der Waals surface area (Å²) in [5.41, 5.74) is 2.88. The molecule has 0 bridgehead atoms. The summed E-state index contributed by atoms with van der Waals surface area (Å²) in [4.78, 5) is 13.6. The lowest BCUT2D eigenvalue weighted by molar-refractivity contribution is -0.385. The van der Waals surface area contributed by atoms with Gasteiger partial charge in [0.05, 0.1) is 11.0 Å². The first-order valence-electron chi connectivity index (χ1n) is 7.83. The second kappa shape index (κ2) is 7.25. The standard InChI is InChI=1S/C18H19N3O3/c22-18(13-4-3-5-15(10-13)21(23)24)12-19-9-8-14-11-20-17-7-2-1-6-16(14)17/h1-7,10-11,18-20,22H,8-9,12H2/t18-/m0/s1. The minimum absolute atomic E-state index is 0.00894. The Balaban J connectivity index is 1.53. The molecule has 0 saturated heterocycles. The van der Waals surface area contributed by atoms with E-state index in [1.807, 2.05) is 24.4 Å². The molecule has 2 aromatic carbocycles. The van der Waals surface area contributed by atoms with Crippen molar-refractivity contribution in [2.45, 2.75) is 12.5 Å². The molecule has 3 rings (SSSR count). The first-order chi connectivity index (χ1) is 11.6. The summed E-state index contributed by atoms with van der Waals surface area (Å²) < 4.78 is 0. The number of fused-ring (bicyclic) bond motifs is 1. The Labute approximate surface area is 139 Å². The zero-order chi connectivity index (χ0) is 16.9. The third-order valence-corrected chi connectivity index (χ3v) is 4.05. The van der Waals surface area contributed by atoms with Gasteiger partial charge < -0.3 is 15.4 Å². The van der Waals surface area contributed by atoms with Crippen LogP contribution in [-0.2, 0) is 6.42 Å². The summed E-state index contributed by atoms with van der Waals surface area (Å²) in [6.07, 6.45) is 2.07. The zero-order valence-corrected chi connectivity index (χ0v) is 13.1. The number of non-ortho nitro benzene ring substituents is 1. The lowest BCUT2D eigenvalue weighted by Crippen LogP contribution is -2.23. The third-order valence-electron chi connectivity index (χ3n) is 4.05. The second-order valence-corrected chi connectivity index (χ2v) is 5.68. The van der Waals surface area contributed by atoms with Gasteiger partial charge in [0.2, 0.25) is 0 Å². The van der Waals surface area contributed by atoms with E-state index < -0.39 is 11.0 Å². The van der Waals surface area contributed by atoms with Gasteiger partial charge in [-0.25, -0.2) is 0 Å². The molecule has 0 radical (unpaired) electrons. The quantitative estimate of drug-likeness (QED) is 0.354. The largest absolute Gasteiger partial charge is 0.387 e. The number of aromatic amines is 1. The SMILES string of the molecule is O=[N+]([O-])c1cccc([C@@H](O)CNCCc2c[nH]c3ccccc23)c1. The van der Waals surface area contributed by atoms with Gasteiger partial charge in [-0.15, -0.1) is 0 Å². The maximum atomic E-state index is 10.8. The molecule has 1 aromatic heterocycles. The highest BCUT2D eigenvalue weighted by molar-refractivity contribution is 5.83. The number of nitrogens with zero attached hydrogens (tertiary/aromatic N) is 1. The molecule has 1 atom stereocenters. The minimum atomic E-state index is -0.770. The molecule has 3 N–H and O–H groups in total. The van der Waals surface area contributed by atoms with Gasteiger partial charge in [0.15, 0.2) is 0 Å². The van der Waals surface area contributed by atoms with Crippen LogP contribution < -0.4 is 5.32 Å². The molecular weight excluding hydrogens is 306 g/mol. The van der Waals surface area contributed by atoms with Gasteiger partial charge in [-0.3, -0.25) is 10.1 Å². The normalized spacial score (nSPS) is 12.4. The van der Waals surface area contributed by atoms with Crippen molar-refractivity contribution in [1.29, 1.82) is 0 Å². The molecule has 24 heavy (non-hydrogen) atoms. The Morgan fingerprint density at radius 2 is 2.04 bits per heavy atom. The molecule has 3 aromatic rings. The topological polar surface area (TPSA) is 91.2 Å². The van der Waals surface area contributed by atoms with E-state index in [-0.39, 0.29) is 5.69 Å². The van der Waals surface area contributed by atoms with Crippen molar-refractivity contribution < 1.29 is 10.0 Å². The molecule has 0 amide bonds. The molecule has 0 fully saturated rings. The van der Waals surface area contributed by atoms with Crippen molar-refractivity contribution in [2.24, 2.45) is 0 Å². The summed E-state index contributed by atoms with van der Waals surface area (Å²) in [6, 6.07) is 14.2. The maximum Gasteiger partial charge on any atom is 0.269 e. The summed E-state index contributed by atoms with van der Waals surface area (Å²) in [5.74, 6) is 0. The van der Waals surface area contributed by atoms with Crippen molar-refractivity contribution in [1.82, 2.24) is 10.3 Å². The third kappa shape index (κ3) is 3.61. The van der Waals surface area contributed by atoms with Crippen LogP contribution in [0.2, 0.25) is 0 Å². The fourth-order valence-corrected chi connectivity index (χ4v) is 2.76. The van der Waals surface area contributed by atoms with E-state index in [9.17, 15) is 15.2 Å². The molecule has 0 saturated carbocycles.